The lowest BCUT2D eigenvalue weighted by Gasteiger charge is -2.26. The molecule has 21 heteroatoms. The molecule has 2 fully saturated rings. The van der Waals surface area contributed by atoms with Gasteiger partial charge in [0.2, 0.25) is 23.0 Å². The van der Waals surface area contributed by atoms with Crippen molar-refractivity contribution in [1.29, 1.82) is 0 Å². The number of nitrogens with zero attached hydrogens (tertiary/aromatic N) is 10. The van der Waals surface area contributed by atoms with Gasteiger partial charge in [-0.05, 0) is 72.0 Å². The summed E-state index contributed by atoms with van der Waals surface area (Å²) in [5.74, 6) is -0.742. The number of carbonyl (C=O) groups excluding carboxylic acids is 2. The highest BCUT2D eigenvalue weighted by Crippen LogP contribution is 2.42. The van der Waals surface area contributed by atoms with Crippen LogP contribution in [0.5, 0.6) is 0 Å². The number of ether oxygens (including phenoxy) is 2. The van der Waals surface area contributed by atoms with Crippen LogP contribution in [0, 0.1) is 0 Å². The summed E-state index contributed by atoms with van der Waals surface area (Å²) in [6.45, 7) is 16.4. The third kappa shape index (κ3) is 11.1. The van der Waals surface area contributed by atoms with Gasteiger partial charge in [-0.2, -0.15) is 20.2 Å². The average Bonchev–Trinajstić information content (AvgIpc) is 4.06. The molecule has 4 aliphatic heterocycles. The van der Waals surface area contributed by atoms with Crippen molar-refractivity contribution < 1.29 is 19.1 Å². The van der Waals surface area contributed by atoms with E-state index in [1.807, 2.05) is 58.2 Å². The van der Waals surface area contributed by atoms with E-state index in [9.17, 15) is 9.59 Å². The van der Waals surface area contributed by atoms with Crippen LogP contribution in [0.15, 0.2) is 57.7 Å². The molecule has 5 N–H and O–H groups in total. The fourth-order valence-electron chi connectivity index (χ4n) is 8.29. The second-order valence-electron chi connectivity index (χ2n) is 16.0. The molecule has 6 aromatic rings. The van der Waals surface area contributed by atoms with Gasteiger partial charge >= 0.3 is 0 Å². The van der Waals surface area contributed by atoms with Crippen LogP contribution in [0.1, 0.15) is 61.0 Å². The Morgan fingerprint density at radius 2 is 1.20 bits per heavy atom. The number of morpholine rings is 2. The highest BCUT2D eigenvalue weighted by atomic mass is 79.9. The minimum atomic E-state index is -0.528. The molecule has 2 atom stereocenters. The second kappa shape index (κ2) is 21.8. The summed E-state index contributed by atoms with van der Waals surface area (Å²) >= 11 is 13.1. The Bertz CT molecular complexity index is 2630. The van der Waals surface area contributed by atoms with Gasteiger partial charge in [-0.15, -0.1) is 0 Å². The molecule has 0 radical (unpaired) electrons. The van der Waals surface area contributed by atoms with Crippen molar-refractivity contribution >= 4 is 94.7 Å². The Hall–Kier alpha value is -4.67. The summed E-state index contributed by atoms with van der Waals surface area (Å²) in [6, 6.07) is 11.5. The number of fused-ring (bicyclic) bond motifs is 4. The number of rotatable bonds is 12. The molecule has 344 valence electrons. The van der Waals surface area contributed by atoms with Gasteiger partial charge in [0, 0.05) is 98.2 Å². The predicted octanol–water partition coefficient (Wildman–Crippen LogP) is 5.84. The lowest BCUT2D eigenvalue weighted by molar-refractivity contribution is -0.117. The number of amides is 2. The van der Waals surface area contributed by atoms with Crippen molar-refractivity contribution in [2.24, 2.45) is 5.73 Å². The lowest BCUT2D eigenvalue weighted by atomic mass is 9.95. The summed E-state index contributed by atoms with van der Waals surface area (Å²) < 4.78 is 16.1. The number of aryl methyl sites for hydroxylation is 2. The van der Waals surface area contributed by atoms with Crippen molar-refractivity contribution in [3.05, 3.63) is 85.5 Å². The second-order valence-corrected chi connectivity index (χ2v) is 18.2. The maximum Gasteiger partial charge on any atom is 0.238 e. The monoisotopic (exact) mass is 1030 g/mol. The van der Waals surface area contributed by atoms with E-state index in [1.165, 1.54) is 0 Å². The van der Waals surface area contributed by atoms with Crippen LogP contribution < -0.4 is 21.7 Å². The smallest absolute Gasteiger partial charge is 0.238 e. The van der Waals surface area contributed by atoms with Crippen molar-refractivity contribution in [1.82, 2.24) is 49.3 Å². The Morgan fingerprint density at radius 1 is 0.708 bits per heavy atom. The van der Waals surface area contributed by atoms with Crippen LogP contribution in [0.4, 0.5) is 17.3 Å². The third-order valence-electron chi connectivity index (χ3n) is 11.4. The molecule has 2 saturated heterocycles. The zero-order chi connectivity index (χ0) is 45.5. The number of anilines is 3. The van der Waals surface area contributed by atoms with E-state index < -0.39 is 11.8 Å². The van der Waals surface area contributed by atoms with E-state index in [-0.39, 0.29) is 17.1 Å². The first-order valence-corrected chi connectivity index (χ1v) is 24.0. The summed E-state index contributed by atoms with van der Waals surface area (Å²) in [5.41, 5.74) is 11.1. The fourth-order valence-corrected chi connectivity index (χ4v) is 9.22. The van der Waals surface area contributed by atoms with Crippen LogP contribution in [-0.2, 0) is 32.2 Å². The van der Waals surface area contributed by atoms with E-state index in [4.69, 9.17) is 31.8 Å². The quantitative estimate of drug-likeness (QED) is 0.106. The molecule has 4 aliphatic rings. The van der Waals surface area contributed by atoms with Crippen molar-refractivity contribution in [2.75, 3.05) is 94.7 Å². The van der Waals surface area contributed by atoms with Crippen LogP contribution in [0.3, 0.4) is 0 Å². The van der Waals surface area contributed by atoms with Gasteiger partial charge in [-0.1, -0.05) is 45.7 Å². The topological polar surface area (TPSA) is 208 Å². The number of benzene rings is 2. The zero-order valence-electron chi connectivity index (χ0n) is 36.4. The molecule has 4 aromatic heterocycles. The first kappa shape index (κ1) is 46.8. The molecule has 65 heavy (non-hydrogen) atoms. The Morgan fingerprint density at radius 3 is 1.71 bits per heavy atom. The summed E-state index contributed by atoms with van der Waals surface area (Å²) in [5, 5.41) is 20.0. The Labute approximate surface area is 398 Å². The first-order valence-electron chi connectivity index (χ1n) is 22.0. The molecule has 2 unspecified atom stereocenters. The zero-order valence-corrected chi connectivity index (χ0v) is 40.3. The molecule has 18 nitrogen and oxygen atoms in total. The number of nitrogens with two attached hydrogens (primary N) is 1. The molecule has 0 saturated carbocycles. The molecule has 10 rings (SSSR count). The van der Waals surface area contributed by atoms with Gasteiger partial charge in [0.05, 0.1) is 48.6 Å². The van der Waals surface area contributed by atoms with E-state index >= 15 is 0 Å². The number of aromatic nitrogens is 8. The number of hydrogen-bond donors (Lipinski definition) is 4. The maximum atomic E-state index is 13.0. The molecule has 8 heterocycles. The average molecular weight is 1040 g/mol. The number of halogens is 3. The van der Waals surface area contributed by atoms with E-state index in [2.05, 4.69) is 96.6 Å². The minimum Gasteiger partial charge on any atom is -0.379 e. The molecule has 2 amide bonds. The molecule has 0 aliphatic carbocycles. The van der Waals surface area contributed by atoms with Gasteiger partial charge in [-0.25, -0.2) is 9.97 Å². The number of hydrogen-bond acceptors (Lipinski definition) is 14. The Kier molecular flexibility index (Phi) is 15.7. The van der Waals surface area contributed by atoms with Crippen LogP contribution in [0.2, 0.25) is 5.28 Å². The highest BCUT2D eigenvalue weighted by molar-refractivity contribution is 9.10. The van der Waals surface area contributed by atoms with E-state index in [0.717, 1.165) is 140 Å². The van der Waals surface area contributed by atoms with Crippen LogP contribution in [-0.4, -0.2) is 140 Å². The van der Waals surface area contributed by atoms with Crippen molar-refractivity contribution in [3.8, 4) is 0 Å². The van der Waals surface area contributed by atoms with Crippen molar-refractivity contribution in [3.63, 3.8) is 0 Å². The standard InChI is InChI=1S/C22H26BrN7O2.C16H13BrClN5O.C6H14N2O/c1-2-6-30-13-16-19(18-15-12-14(23)3-4-17(15)25-21(18)31)26-22(27-20(16)28-30)24-5-7-29-8-10-32-11-9-29;1-2-5-23-7-10-13(20-16(18)21-14(10)22-23)12-9-6-8(17)3-4-11(9)19-15(12)24;7-1-2-8-3-5-9-6-4-8/h3-4,12-13,18H,2,5-11H2,1H3,(H,25,31)(H,24,27,28);3-4,6-7,12H,2,5H2,1H3,(H,19,24);1-7H2. The minimum absolute atomic E-state index is 0.0828. The van der Waals surface area contributed by atoms with Crippen LogP contribution >= 0.6 is 43.5 Å². The van der Waals surface area contributed by atoms with Gasteiger partial charge in [0.1, 0.15) is 11.8 Å². The van der Waals surface area contributed by atoms with Crippen molar-refractivity contribution in [2.45, 2.75) is 51.6 Å². The highest BCUT2D eigenvalue weighted by Gasteiger charge is 2.37. The molecule has 2 aromatic carbocycles. The predicted molar refractivity (Wildman–Crippen MR) is 258 cm³/mol. The summed E-state index contributed by atoms with van der Waals surface area (Å²) in [4.78, 5) is 48.3. The maximum absolute atomic E-state index is 13.0. The van der Waals surface area contributed by atoms with E-state index in [0.29, 0.717) is 35.2 Å². The normalized spacial score (nSPS) is 18.4. The van der Waals surface area contributed by atoms with E-state index in [1.54, 1.807) is 0 Å². The number of nitrogens with one attached hydrogen (secondary N) is 3. The summed E-state index contributed by atoms with van der Waals surface area (Å²) in [7, 11) is 0. The van der Waals surface area contributed by atoms with Gasteiger partial charge in [-0.3, -0.25) is 28.8 Å². The van der Waals surface area contributed by atoms with Gasteiger partial charge in [0.25, 0.3) is 0 Å². The van der Waals surface area contributed by atoms with Crippen LogP contribution in [0.25, 0.3) is 22.1 Å². The first-order chi connectivity index (χ1) is 31.6. The third-order valence-corrected chi connectivity index (χ3v) is 12.5. The molecule has 0 bridgehead atoms. The fraction of sp³-hybridized carbons (Fsp3) is 0.455. The molecular formula is C44H53Br2ClN14O4. The number of carbonyl (C=O) groups is 2. The molecular weight excluding hydrogens is 984 g/mol. The summed E-state index contributed by atoms with van der Waals surface area (Å²) in [6.07, 6.45) is 5.74. The Balaban J connectivity index is 0.000000153. The molecule has 0 spiro atoms. The SMILES string of the molecule is CCCn1cc2c(C3C(=O)Nc4ccc(Br)cc43)nc(Cl)nc2n1.CCCn1cc2c(C3C(=O)Nc4ccc(Br)cc43)nc(NCCN3CCOCC3)nc2n1.NCCN1CCOCC1. The van der Waals surface area contributed by atoms with Gasteiger partial charge < -0.3 is 31.2 Å². The van der Waals surface area contributed by atoms with Gasteiger partial charge in [0.15, 0.2) is 11.3 Å². The largest absolute Gasteiger partial charge is 0.379 e. The lowest BCUT2D eigenvalue weighted by Crippen LogP contribution is -2.39.